The third-order valence-electron chi connectivity index (χ3n) is 1.86. The first-order chi connectivity index (χ1) is 7.34. The van der Waals surface area contributed by atoms with Gasteiger partial charge in [-0.2, -0.15) is 0 Å². The van der Waals surface area contributed by atoms with Crippen LogP contribution in [0.5, 0.6) is 0 Å². The number of hydrogen-bond donors (Lipinski definition) is 3. The summed E-state index contributed by atoms with van der Waals surface area (Å²) in [6.07, 6.45) is 0. The Balaban J connectivity index is 3.12. The minimum atomic E-state index is -3.97. The number of aliphatic hydroxyl groups is 1. The van der Waals surface area contributed by atoms with E-state index in [1.807, 2.05) is 4.72 Å². The second-order valence-electron chi connectivity index (χ2n) is 3.10. The fourth-order valence-electron chi connectivity index (χ4n) is 0.997. The Morgan fingerprint density at radius 2 is 1.94 bits per heavy atom. The van der Waals surface area contributed by atoms with Gasteiger partial charge in [-0.1, -0.05) is 12.1 Å². The van der Waals surface area contributed by atoms with Crippen molar-refractivity contribution in [2.45, 2.75) is 12.4 Å². The Morgan fingerprint density at radius 1 is 1.38 bits per heavy atom. The molecule has 1 rings (SSSR count). The number of rotatable bonds is 4. The van der Waals surface area contributed by atoms with Crippen LogP contribution in [0.25, 0.3) is 0 Å². The van der Waals surface area contributed by atoms with Crippen LogP contribution in [0, 0.1) is 0 Å². The van der Waals surface area contributed by atoms with Crippen LogP contribution in [0.4, 0.5) is 5.69 Å². The molecule has 0 spiro atoms. The van der Waals surface area contributed by atoms with E-state index in [1.165, 1.54) is 24.3 Å². The largest absolute Gasteiger partial charge is 0.478 e. The molecule has 0 heterocycles. The van der Waals surface area contributed by atoms with E-state index in [-0.39, 0.29) is 11.3 Å². The van der Waals surface area contributed by atoms with E-state index < -0.39 is 21.4 Å². The summed E-state index contributed by atoms with van der Waals surface area (Å²) in [4.78, 5) is 10.8. The fourth-order valence-corrected chi connectivity index (χ4v) is 1.65. The molecule has 1 atom stereocenters. The first kappa shape index (κ1) is 12.5. The summed E-state index contributed by atoms with van der Waals surface area (Å²) in [5.74, 6) is -1.25. The summed E-state index contributed by atoms with van der Waals surface area (Å²) in [5.41, 5.74) is -1.86. The summed E-state index contributed by atoms with van der Waals surface area (Å²) in [6.45, 7) is 1.08. The minimum absolute atomic E-state index is 0.0732. The number of carboxylic acid groups (broad SMARTS) is 1. The van der Waals surface area contributed by atoms with Gasteiger partial charge >= 0.3 is 5.97 Å². The zero-order chi connectivity index (χ0) is 12.3. The number of sulfonamides is 1. The number of hydrogen-bond acceptors (Lipinski definition) is 4. The van der Waals surface area contributed by atoms with Crippen LogP contribution in [0.3, 0.4) is 0 Å². The lowest BCUT2D eigenvalue weighted by Gasteiger charge is -2.11. The van der Waals surface area contributed by atoms with Crippen LogP contribution in [0.15, 0.2) is 24.3 Å². The van der Waals surface area contributed by atoms with Gasteiger partial charge in [0.15, 0.2) is 5.44 Å². The van der Waals surface area contributed by atoms with Gasteiger partial charge in [-0.25, -0.2) is 13.2 Å². The predicted molar refractivity (Wildman–Crippen MR) is 57.6 cm³/mol. The van der Waals surface area contributed by atoms with E-state index >= 15 is 0 Å². The molecule has 7 heteroatoms. The number of carboxylic acids is 1. The number of carbonyl (C=O) groups is 1. The van der Waals surface area contributed by atoms with Crippen molar-refractivity contribution >= 4 is 21.7 Å². The Morgan fingerprint density at radius 3 is 2.44 bits per heavy atom. The van der Waals surface area contributed by atoms with Gasteiger partial charge in [0.2, 0.25) is 0 Å². The summed E-state index contributed by atoms with van der Waals surface area (Å²) in [5, 5.41) is 17.8. The number of benzene rings is 1. The van der Waals surface area contributed by atoms with E-state index in [4.69, 9.17) is 10.2 Å². The maximum Gasteiger partial charge on any atom is 0.337 e. The van der Waals surface area contributed by atoms with Gasteiger partial charge in [0.1, 0.15) is 0 Å². The third-order valence-corrected chi connectivity index (χ3v) is 3.26. The molecule has 1 unspecified atom stereocenters. The molecule has 0 aliphatic rings. The Labute approximate surface area is 92.6 Å². The first-order valence-corrected chi connectivity index (χ1v) is 5.91. The second kappa shape index (κ2) is 4.50. The molecule has 0 aliphatic heterocycles. The number of aromatic carboxylic acids is 1. The molecule has 16 heavy (non-hydrogen) atoms. The molecule has 0 bridgehead atoms. The van der Waals surface area contributed by atoms with Gasteiger partial charge in [0.05, 0.1) is 11.3 Å². The van der Waals surface area contributed by atoms with Crippen molar-refractivity contribution < 1.29 is 23.4 Å². The lowest BCUT2D eigenvalue weighted by atomic mass is 10.2. The van der Waals surface area contributed by atoms with Crippen molar-refractivity contribution in [3.8, 4) is 0 Å². The monoisotopic (exact) mass is 245 g/mol. The average molecular weight is 245 g/mol. The standard InChI is InChI=1S/C9H11NO5S/c1-6(11)16(14,15)10-8-5-3-2-4-7(8)9(12)13/h2-6,10-11H,1H3,(H,12,13). The topological polar surface area (TPSA) is 104 Å². The van der Waals surface area contributed by atoms with Gasteiger partial charge in [0, 0.05) is 0 Å². The van der Waals surface area contributed by atoms with Gasteiger partial charge in [-0.05, 0) is 19.1 Å². The van der Waals surface area contributed by atoms with E-state index in [0.29, 0.717) is 0 Å². The van der Waals surface area contributed by atoms with E-state index in [9.17, 15) is 13.2 Å². The van der Waals surface area contributed by atoms with E-state index in [0.717, 1.165) is 6.92 Å². The molecule has 0 saturated carbocycles. The molecular weight excluding hydrogens is 234 g/mol. The van der Waals surface area contributed by atoms with Crippen LogP contribution in [-0.2, 0) is 10.0 Å². The molecule has 0 radical (unpaired) electrons. The molecule has 6 nitrogen and oxygen atoms in total. The minimum Gasteiger partial charge on any atom is -0.478 e. The van der Waals surface area contributed by atoms with Crippen molar-refractivity contribution in [2.75, 3.05) is 4.72 Å². The maximum atomic E-state index is 11.3. The molecule has 3 N–H and O–H groups in total. The summed E-state index contributed by atoms with van der Waals surface area (Å²) in [7, 11) is -3.97. The van der Waals surface area contributed by atoms with Crippen LogP contribution >= 0.6 is 0 Å². The molecule has 0 amide bonds. The first-order valence-electron chi connectivity index (χ1n) is 4.36. The molecule has 0 aromatic heterocycles. The van der Waals surface area contributed by atoms with E-state index in [1.54, 1.807) is 0 Å². The zero-order valence-corrected chi connectivity index (χ0v) is 9.23. The maximum absolute atomic E-state index is 11.3. The van der Waals surface area contributed by atoms with Gasteiger partial charge in [0.25, 0.3) is 10.0 Å². The molecule has 0 fully saturated rings. The van der Waals surface area contributed by atoms with Crippen LogP contribution < -0.4 is 4.72 Å². The van der Waals surface area contributed by atoms with Gasteiger partial charge in [-0.15, -0.1) is 0 Å². The van der Waals surface area contributed by atoms with Crippen molar-refractivity contribution in [2.24, 2.45) is 0 Å². The van der Waals surface area contributed by atoms with Crippen molar-refractivity contribution in [3.05, 3.63) is 29.8 Å². The Hall–Kier alpha value is -1.60. The molecule has 88 valence electrons. The Kier molecular flexibility index (Phi) is 3.51. The smallest absolute Gasteiger partial charge is 0.337 e. The number of para-hydroxylation sites is 1. The second-order valence-corrected chi connectivity index (χ2v) is 5.07. The van der Waals surface area contributed by atoms with Crippen LogP contribution in [0.2, 0.25) is 0 Å². The summed E-state index contributed by atoms with van der Waals surface area (Å²) < 4.78 is 24.7. The SMILES string of the molecule is CC(O)S(=O)(=O)Nc1ccccc1C(=O)O. The van der Waals surface area contributed by atoms with Crippen molar-refractivity contribution in [1.82, 2.24) is 0 Å². The molecule has 0 aliphatic carbocycles. The normalized spacial score (nSPS) is 13.1. The van der Waals surface area contributed by atoms with Crippen molar-refractivity contribution in [3.63, 3.8) is 0 Å². The number of anilines is 1. The third kappa shape index (κ3) is 2.71. The fraction of sp³-hybridized carbons (Fsp3) is 0.222. The highest BCUT2D eigenvalue weighted by molar-refractivity contribution is 7.93. The van der Waals surface area contributed by atoms with E-state index in [2.05, 4.69) is 0 Å². The van der Waals surface area contributed by atoms with Crippen LogP contribution in [-0.4, -0.2) is 30.0 Å². The highest BCUT2D eigenvalue weighted by atomic mass is 32.2. The van der Waals surface area contributed by atoms with Gasteiger partial charge in [-0.3, -0.25) is 4.72 Å². The van der Waals surface area contributed by atoms with Crippen molar-refractivity contribution in [1.29, 1.82) is 0 Å². The lowest BCUT2D eigenvalue weighted by Crippen LogP contribution is -2.25. The Bertz CT molecular complexity index is 494. The lowest BCUT2D eigenvalue weighted by molar-refractivity contribution is 0.0698. The summed E-state index contributed by atoms with van der Waals surface area (Å²) in [6, 6.07) is 5.54. The van der Waals surface area contributed by atoms with Gasteiger partial charge < -0.3 is 10.2 Å². The molecule has 0 saturated heterocycles. The number of aliphatic hydroxyl groups excluding tert-OH is 1. The number of nitrogens with one attached hydrogen (secondary N) is 1. The average Bonchev–Trinajstić information content (AvgIpc) is 2.17. The highest BCUT2D eigenvalue weighted by Gasteiger charge is 2.20. The quantitative estimate of drug-likeness (QED) is 0.715. The summed E-state index contributed by atoms with van der Waals surface area (Å²) >= 11 is 0. The predicted octanol–water partition coefficient (Wildman–Crippen LogP) is 0.465. The zero-order valence-electron chi connectivity index (χ0n) is 8.41. The molecule has 1 aromatic carbocycles. The highest BCUT2D eigenvalue weighted by Crippen LogP contribution is 2.17. The molecule has 1 aromatic rings. The van der Waals surface area contributed by atoms with Crippen LogP contribution in [0.1, 0.15) is 17.3 Å². The molecular formula is C9H11NO5S.